The van der Waals surface area contributed by atoms with Crippen molar-refractivity contribution >= 4 is 50.1 Å². The average molecular weight is 376 g/mol. The molecule has 2 aliphatic rings. The summed E-state index contributed by atoms with van der Waals surface area (Å²) in [6.45, 7) is 2.16. The van der Waals surface area contributed by atoms with Crippen molar-refractivity contribution in [3.05, 3.63) is 23.2 Å². The van der Waals surface area contributed by atoms with Gasteiger partial charge in [-0.2, -0.15) is 8.42 Å². The number of thioether (sulfide) groups is 1. The van der Waals surface area contributed by atoms with Crippen molar-refractivity contribution in [1.29, 1.82) is 0 Å². The molecule has 1 aromatic carbocycles. The molecule has 0 aliphatic carbocycles. The number of nitrogens with zero attached hydrogens (tertiary/aromatic N) is 2. The number of ether oxygens (including phenoxy) is 1. The lowest BCUT2D eigenvalue weighted by Gasteiger charge is -2.27. The number of rotatable bonds is 2. The Labute approximate surface area is 143 Å². The minimum atomic E-state index is -3.81. The fraction of sp³-hybridized carbons (Fsp3) is 0.385. The maximum atomic E-state index is 12.2. The quantitative estimate of drug-likeness (QED) is 0.840. The average Bonchev–Trinajstić information content (AvgIpc) is 2.54. The Balaban J connectivity index is 1.69. The summed E-state index contributed by atoms with van der Waals surface area (Å²) in [5.74, 6) is 0.0479. The molecule has 0 atom stereocenters. The topological polar surface area (TPSA) is 88.1 Å². The van der Waals surface area contributed by atoms with Crippen molar-refractivity contribution < 1.29 is 17.9 Å². The first kappa shape index (κ1) is 16.6. The van der Waals surface area contributed by atoms with Gasteiger partial charge in [0.1, 0.15) is 4.90 Å². The molecule has 0 aromatic heterocycles. The first-order valence-electron chi connectivity index (χ1n) is 6.85. The van der Waals surface area contributed by atoms with Crippen LogP contribution in [0.1, 0.15) is 0 Å². The number of sulfonamides is 1. The van der Waals surface area contributed by atoms with E-state index in [0.717, 1.165) is 11.8 Å². The molecule has 1 fully saturated rings. The van der Waals surface area contributed by atoms with Gasteiger partial charge in [0.15, 0.2) is 5.17 Å². The van der Waals surface area contributed by atoms with E-state index in [1.165, 1.54) is 6.07 Å². The molecule has 7 nitrogen and oxygen atoms in total. The summed E-state index contributed by atoms with van der Waals surface area (Å²) in [5.41, 5.74) is 0.408. The van der Waals surface area contributed by atoms with Crippen molar-refractivity contribution in [2.24, 2.45) is 4.40 Å². The summed E-state index contributed by atoms with van der Waals surface area (Å²) < 4.78 is 33.2. The first-order valence-corrected chi connectivity index (χ1v) is 9.66. The fourth-order valence-corrected chi connectivity index (χ4v) is 4.61. The number of hydrogen-bond donors (Lipinski definition) is 1. The predicted octanol–water partition coefficient (Wildman–Crippen LogP) is 1.40. The number of carbonyl (C=O) groups excluding carboxylic acids is 1. The standard InChI is InChI=1S/C13H14ClN3O4S2/c14-9-1-2-10-11(7-9)23(19,20)16-13(15-10)22-8-12(18)17-3-5-21-6-4-17/h1-2,7H,3-6,8H2,(H,15,16). The van der Waals surface area contributed by atoms with Gasteiger partial charge < -0.3 is 15.0 Å². The molecule has 0 unspecified atom stereocenters. The molecule has 0 bridgehead atoms. The van der Waals surface area contributed by atoms with Crippen LogP contribution in [0.15, 0.2) is 27.5 Å². The van der Waals surface area contributed by atoms with E-state index in [9.17, 15) is 13.2 Å². The number of benzene rings is 1. The van der Waals surface area contributed by atoms with Crippen molar-refractivity contribution in [1.82, 2.24) is 4.90 Å². The number of amidine groups is 1. The van der Waals surface area contributed by atoms with E-state index in [0.29, 0.717) is 37.0 Å². The number of hydrogen-bond acceptors (Lipinski definition) is 6. The molecule has 1 aromatic rings. The van der Waals surface area contributed by atoms with Crippen LogP contribution in [0.2, 0.25) is 5.02 Å². The maximum Gasteiger partial charge on any atom is 0.286 e. The molecule has 2 heterocycles. The molecule has 23 heavy (non-hydrogen) atoms. The van der Waals surface area contributed by atoms with Gasteiger partial charge in [0.25, 0.3) is 10.0 Å². The van der Waals surface area contributed by atoms with E-state index in [2.05, 4.69) is 9.71 Å². The van der Waals surface area contributed by atoms with Gasteiger partial charge in [-0.25, -0.2) is 0 Å². The Morgan fingerprint density at radius 3 is 2.87 bits per heavy atom. The molecule has 124 valence electrons. The summed E-state index contributed by atoms with van der Waals surface area (Å²) >= 11 is 6.89. The van der Waals surface area contributed by atoms with Crippen molar-refractivity contribution in [3.8, 4) is 0 Å². The SMILES string of the molecule is O=C(CSC1=NS(=O)(=O)c2cc(Cl)ccc2N1)N1CCOCC1. The normalized spacial score (nSPS) is 19.5. The smallest absolute Gasteiger partial charge is 0.286 e. The molecule has 0 saturated carbocycles. The Morgan fingerprint density at radius 1 is 1.39 bits per heavy atom. The lowest BCUT2D eigenvalue weighted by molar-refractivity contribution is -0.132. The highest BCUT2D eigenvalue weighted by molar-refractivity contribution is 8.15. The maximum absolute atomic E-state index is 12.2. The predicted molar refractivity (Wildman–Crippen MR) is 89.6 cm³/mol. The van der Waals surface area contributed by atoms with Gasteiger partial charge in [0, 0.05) is 18.1 Å². The number of morpholine rings is 1. The highest BCUT2D eigenvalue weighted by Gasteiger charge is 2.26. The molecule has 10 heteroatoms. The lowest BCUT2D eigenvalue weighted by Crippen LogP contribution is -2.41. The Kier molecular flexibility index (Phi) is 4.81. The van der Waals surface area contributed by atoms with Gasteiger partial charge in [0.2, 0.25) is 5.91 Å². The van der Waals surface area contributed by atoms with E-state index in [4.69, 9.17) is 16.3 Å². The summed E-state index contributed by atoms with van der Waals surface area (Å²) in [6, 6.07) is 4.52. The molecule has 1 amide bonds. The van der Waals surface area contributed by atoms with Crippen LogP contribution in [-0.4, -0.2) is 56.4 Å². The number of anilines is 1. The van der Waals surface area contributed by atoms with Gasteiger partial charge in [-0.3, -0.25) is 4.79 Å². The monoisotopic (exact) mass is 375 g/mol. The lowest BCUT2D eigenvalue weighted by atomic mass is 10.3. The molecule has 3 rings (SSSR count). The minimum absolute atomic E-state index is 0.0360. The van der Waals surface area contributed by atoms with E-state index < -0.39 is 10.0 Å². The van der Waals surface area contributed by atoms with E-state index in [1.54, 1.807) is 17.0 Å². The summed E-state index contributed by atoms with van der Waals surface area (Å²) in [7, 11) is -3.81. The number of halogens is 1. The van der Waals surface area contributed by atoms with Gasteiger partial charge in [-0.15, -0.1) is 4.40 Å². The van der Waals surface area contributed by atoms with Gasteiger partial charge in [-0.05, 0) is 18.2 Å². The molecule has 0 radical (unpaired) electrons. The zero-order valence-corrected chi connectivity index (χ0v) is 14.4. The molecule has 1 N–H and O–H groups in total. The summed E-state index contributed by atoms with van der Waals surface area (Å²) in [6.07, 6.45) is 0. The van der Waals surface area contributed by atoms with Crippen LogP contribution in [0.25, 0.3) is 0 Å². The minimum Gasteiger partial charge on any atom is -0.378 e. The third-order valence-corrected chi connectivity index (χ3v) is 5.89. The number of carbonyl (C=O) groups is 1. The second kappa shape index (κ2) is 6.68. The van der Waals surface area contributed by atoms with Crippen LogP contribution in [0.3, 0.4) is 0 Å². The number of fused-ring (bicyclic) bond motifs is 1. The van der Waals surface area contributed by atoms with Crippen LogP contribution in [0.5, 0.6) is 0 Å². The Bertz CT molecular complexity index is 760. The highest BCUT2D eigenvalue weighted by Crippen LogP contribution is 2.31. The molecular weight excluding hydrogens is 362 g/mol. The van der Waals surface area contributed by atoms with E-state index in [-0.39, 0.29) is 21.7 Å². The van der Waals surface area contributed by atoms with Gasteiger partial charge in [-0.1, -0.05) is 23.4 Å². The van der Waals surface area contributed by atoms with Gasteiger partial charge >= 0.3 is 0 Å². The van der Waals surface area contributed by atoms with Crippen LogP contribution in [0.4, 0.5) is 5.69 Å². The number of nitrogens with one attached hydrogen (secondary N) is 1. The third kappa shape index (κ3) is 3.79. The van der Waals surface area contributed by atoms with Crippen molar-refractivity contribution in [2.45, 2.75) is 4.90 Å². The zero-order valence-electron chi connectivity index (χ0n) is 12.0. The molecule has 0 spiro atoms. The van der Waals surface area contributed by atoms with Crippen LogP contribution < -0.4 is 5.32 Å². The highest BCUT2D eigenvalue weighted by atomic mass is 35.5. The van der Waals surface area contributed by atoms with Crippen LogP contribution >= 0.6 is 23.4 Å². The van der Waals surface area contributed by atoms with Crippen molar-refractivity contribution in [2.75, 3.05) is 37.4 Å². The first-order chi connectivity index (χ1) is 11.0. The molecule has 2 aliphatic heterocycles. The third-order valence-electron chi connectivity index (χ3n) is 3.36. The van der Waals surface area contributed by atoms with E-state index in [1.807, 2.05) is 0 Å². The van der Waals surface area contributed by atoms with Gasteiger partial charge in [0.05, 0.1) is 24.7 Å². The number of amides is 1. The fourth-order valence-electron chi connectivity index (χ4n) is 2.21. The summed E-state index contributed by atoms with van der Waals surface area (Å²) in [5, 5.41) is 3.42. The van der Waals surface area contributed by atoms with Crippen LogP contribution in [0, 0.1) is 0 Å². The van der Waals surface area contributed by atoms with E-state index >= 15 is 0 Å². The van der Waals surface area contributed by atoms with Crippen molar-refractivity contribution in [3.63, 3.8) is 0 Å². The molecular formula is C13H14ClN3O4S2. The Hall–Kier alpha value is -1.29. The molecule has 1 saturated heterocycles. The second-order valence-electron chi connectivity index (χ2n) is 4.92. The largest absolute Gasteiger partial charge is 0.378 e. The van der Waals surface area contributed by atoms with Crippen LogP contribution in [-0.2, 0) is 19.6 Å². The zero-order chi connectivity index (χ0) is 16.4. The Morgan fingerprint density at radius 2 is 2.13 bits per heavy atom. The second-order valence-corrected chi connectivity index (χ2v) is 7.89. The summed E-state index contributed by atoms with van der Waals surface area (Å²) in [4.78, 5) is 13.8.